The minimum Gasteiger partial charge on any atom is -0.426 e. The summed E-state index contributed by atoms with van der Waals surface area (Å²) in [6.07, 6.45) is 0.279. The molecule has 0 atom stereocenters. The van der Waals surface area contributed by atoms with E-state index in [1.165, 1.54) is 0 Å². The van der Waals surface area contributed by atoms with Crippen molar-refractivity contribution in [3.05, 3.63) is 29.3 Å². The van der Waals surface area contributed by atoms with Gasteiger partial charge in [-0.2, -0.15) is 0 Å². The summed E-state index contributed by atoms with van der Waals surface area (Å²) in [5.74, 6) is -3.33. The minimum absolute atomic E-state index is 0.209. The SMILES string of the molecule is CC(=O)Oc1cc(F)c(F)cc1C=O. The number of rotatable bonds is 2. The third-order valence-electron chi connectivity index (χ3n) is 1.43. The van der Waals surface area contributed by atoms with Crippen molar-refractivity contribution in [3.63, 3.8) is 0 Å². The van der Waals surface area contributed by atoms with Gasteiger partial charge in [0.25, 0.3) is 0 Å². The van der Waals surface area contributed by atoms with E-state index in [2.05, 4.69) is 4.74 Å². The van der Waals surface area contributed by atoms with Crippen LogP contribution in [0.1, 0.15) is 17.3 Å². The molecule has 3 nitrogen and oxygen atoms in total. The molecule has 0 spiro atoms. The average molecular weight is 200 g/mol. The molecule has 0 fully saturated rings. The van der Waals surface area contributed by atoms with Crippen LogP contribution in [-0.2, 0) is 4.79 Å². The second-order valence-corrected chi connectivity index (χ2v) is 2.52. The highest BCUT2D eigenvalue weighted by Gasteiger charge is 2.11. The molecule has 0 unspecified atom stereocenters. The van der Waals surface area contributed by atoms with Crippen LogP contribution in [0.3, 0.4) is 0 Å². The number of carbonyl (C=O) groups excluding carboxylic acids is 2. The molecule has 0 bridgehead atoms. The molecule has 0 heterocycles. The average Bonchev–Trinajstić information content (AvgIpc) is 2.10. The number of ether oxygens (including phenoxy) is 1. The van der Waals surface area contributed by atoms with Crippen molar-refractivity contribution in [1.29, 1.82) is 0 Å². The smallest absolute Gasteiger partial charge is 0.308 e. The molecule has 0 saturated carbocycles. The fraction of sp³-hybridized carbons (Fsp3) is 0.111. The largest absolute Gasteiger partial charge is 0.426 e. The number of aldehydes is 1. The van der Waals surface area contributed by atoms with Crippen molar-refractivity contribution in [2.24, 2.45) is 0 Å². The Bertz CT molecular complexity index is 388. The summed E-state index contributed by atoms with van der Waals surface area (Å²) in [5, 5.41) is 0. The molecule has 0 N–H and O–H groups in total. The Kier molecular flexibility index (Phi) is 2.91. The predicted molar refractivity (Wildman–Crippen MR) is 43.1 cm³/mol. The predicted octanol–water partition coefficient (Wildman–Crippen LogP) is 1.70. The highest BCUT2D eigenvalue weighted by molar-refractivity contribution is 5.81. The van der Waals surface area contributed by atoms with Gasteiger partial charge >= 0.3 is 5.97 Å². The normalized spacial score (nSPS) is 9.64. The molecule has 0 saturated heterocycles. The first kappa shape index (κ1) is 10.3. The molecule has 74 valence electrons. The zero-order valence-corrected chi connectivity index (χ0v) is 7.21. The second-order valence-electron chi connectivity index (χ2n) is 2.52. The van der Waals surface area contributed by atoms with Gasteiger partial charge in [-0.1, -0.05) is 0 Å². The Balaban J connectivity index is 3.19. The van der Waals surface area contributed by atoms with E-state index in [-0.39, 0.29) is 17.6 Å². The number of halogens is 2. The van der Waals surface area contributed by atoms with Gasteiger partial charge < -0.3 is 4.74 Å². The molecule has 0 aliphatic carbocycles. The maximum absolute atomic E-state index is 12.7. The highest BCUT2D eigenvalue weighted by Crippen LogP contribution is 2.20. The molecule has 0 aromatic heterocycles. The van der Waals surface area contributed by atoms with Gasteiger partial charge in [-0.3, -0.25) is 9.59 Å². The molecule has 0 amide bonds. The van der Waals surface area contributed by atoms with Crippen LogP contribution in [0.4, 0.5) is 8.78 Å². The zero-order chi connectivity index (χ0) is 10.7. The van der Waals surface area contributed by atoms with E-state index < -0.39 is 17.6 Å². The molecule has 5 heteroatoms. The topological polar surface area (TPSA) is 43.4 Å². The number of hydrogen-bond donors (Lipinski definition) is 0. The maximum Gasteiger partial charge on any atom is 0.308 e. The van der Waals surface area contributed by atoms with Crippen molar-refractivity contribution in [2.75, 3.05) is 0 Å². The lowest BCUT2D eigenvalue weighted by molar-refractivity contribution is -0.131. The van der Waals surface area contributed by atoms with Crippen LogP contribution in [0.5, 0.6) is 5.75 Å². The Morgan fingerprint density at radius 2 is 1.93 bits per heavy atom. The minimum atomic E-state index is -1.17. The van der Waals surface area contributed by atoms with Gasteiger partial charge in [-0.25, -0.2) is 8.78 Å². The van der Waals surface area contributed by atoms with Gasteiger partial charge in [0.05, 0.1) is 5.56 Å². The lowest BCUT2D eigenvalue weighted by Gasteiger charge is -2.04. The van der Waals surface area contributed by atoms with Gasteiger partial charge in [0, 0.05) is 13.0 Å². The summed E-state index contributed by atoms with van der Waals surface area (Å²) in [6.45, 7) is 1.09. The molecule has 1 aromatic rings. The van der Waals surface area contributed by atoms with Crippen LogP contribution in [0.2, 0.25) is 0 Å². The van der Waals surface area contributed by atoms with Crippen LogP contribution < -0.4 is 4.74 Å². The van der Waals surface area contributed by atoms with Crippen molar-refractivity contribution < 1.29 is 23.1 Å². The Morgan fingerprint density at radius 3 is 2.43 bits per heavy atom. The highest BCUT2D eigenvalue weighted by atomic mass is 19.2. The van der Waals surface area contributed by atoms with Crippen LogP contribution in [-0.4, -0.2) is 12.3 Å². The van der Waals surface area contributed by atoms with Crippen molar-refractivity contribution in [2.45, 2.75) is 6.92 Å². The maximum atomic E-state index is 12.7. The van der Waals surface area contributed by atoms with Crippen molar-refractivity contribution >= 4 is 12.3 Å². The third-order valence-corrected chi connectivity index (χ3v) is 1.43. The van der Waals surface area contributed by atoms with Crippen LogP contribution in [0, 0.1) is 11.6 Å². The van der Waals surface area contributed by atoms with Gasteiger partial charge in [0.2, 0.25) is 0 Å². The zero-order valence-electron chi connectivity index (χ0n) is 7.21. The standard InChI is InChI=1S/C9H6F2O3/c1-5(13)14-9-3-8(11)7(10)2-6(9)4-12/h2-4H,1H3. The number of carbonyl (C=O) groups is 2. The van der Waals surface area contributed by atoms with Crippen molar-refractivity contribution in [3.8, 4) is 5.75 Å². The molecule has 0 aliphatic rings. The first-order chi connectivity index (χ1) is 6.54. The molecule has 1 aromatic carbocycles. The molecule has 0 aliphatic heterocycles. The first-order valence-electron chi connectivity index (χ1n) is 3.67. The summed E-state index contributed by atoms with van der Waals surface area (Å²) in [6, 6.07) is 1.32. The van der Waals surface area contributed by atoms with E-state index in [0.29, 0.717) is 12.1 Å². The van der Waals surface area contributed by atoms with Crippen LogP contribution in [0.15, 0.2) is 12.1 Å². The van der Waals surface area contributed by atoms with E-state index in [0.717, 1.165) is 6.92 Å². The summed E-state index contributed by atoms with van der Waals surface area (Å²) in [4.78, 5) is 20.9. The number of hydrogen-bond acceptors (Lipinski definition) is 3. The number of benzene rings is 1. The fourth-order valence-corrected chi connectivity index (χ4v) is 0.879. The molecular weight excluding hydrogens is 194 g/mol. The molecule has 14 heavy (non-hydrogen) atoms. The second kappa shape index (κ2) is 3.95. The van der Waals surface area contributed by atoms with E-state index in [1.807, 2.05) is 0 Å². The van der Waals surface area contributed by atoms with E-state index in [1.54, 1.807) is 0 Å². The Hall–Kier alpha value is -1.78. The van der Waals surface area contributed by atoms with Gasteiger partial charge in [-0.05, 0) is 6.07 Å². The van der Waals surface area contributed by atoms with E-state index >= 15 is 0 Å². The first-order valence-corrected chi connectivity index (χ1v) is 3.67. The quantitative estimate of drug-likeness (QED) is 0.414. The monoisotopic (exact) mass is 200 g/mol. The third kappa shape index (κ3) is 2.12. The van der Waals surface area contributed by atoms with Gasteiger partial charge in [0.15, 0.2) is 17.9 Å². The lowest BCUT2D eigenvalue weighted by Crippen LogP contribution is -2.05. The van der Waals surface area contributed by atoms with Crippen LogP contribution >= 0.6 is 0 Å². The van der Waals surface area contributed by atoms with Crippen LogP contribution in [0.25, 0.3) is 0 Å². The lowest BCUT2D eigenvalue weighted by atomic mass is 10.2. The molecule has 0 radical (unpaired) electrons. The molecular formula is C9H6F2O3. The van der Waals surface area contributed by atoms with E-state index in [4.69, 9.17) is 0 Å². The summed E-state index contributed by atoms with van der Waals surface area (Å²) >= 11 is 0. The van der Waals surface area contributed by atoms with Gasteiger partial charge in [0.1, 0.15) is 5.75 Å². The Labute approximate surface area is 78.3 Å². The summed E-state index contributed by atoms with van der Waals surface area (Å²) in [5.41, 5.74) is -0.209. The van der Waals surface area contributed by atoms with Gasteiger partial charge in [-0.15, -0.1) is 0 Å². The number of esters is 1. The summed E-state index contributed by atoms with van der Waals surface area (Å²) in [7, 11) is 0. The summed E-state index contributed by atoms with van der Waals surface area (Å²) < 4.78 is 29.8. The molecule has 1 rings (SSSR count). The van der Waals surface area contributed by atoms with Crippen molar-refractivity contribution in [1.82, 2.24) is 0 Å². The fourth-order valence-electron chi connectivity index (χ4n) is 0.879. The van der Waals surface area contributed by atoms with E-state index in [9.17, 15) is 18.4 Å². The Morgan fingerprint density at radius 1 is 1.36 bits per heavy atom.